The molecular formula is C23H16FN3O3. The third kappa shape index (κ3) is 3.86. The molecule has 6 nitrogen and oxygen atoms in total. The molecule has 2 heterocycles. The summed E-state index contributed by atoms with van der Waals surface area (Å²) >= 11 is 0. The summed E-state index contributed by atoms with van der Waals surface area (Å²) in [7, 11) is 1.25. The fourth-order valence-electron chi connectivity index (χ4n) is 3.05. The number of hydrogen-bond acceptors (Lipinski definition) is 5. The molecule has 148 valence electrons. The second kappa shape index (κ2) is 8.08. The summed E-state index contributed by atoms with van der Waals surface area (Å²) < 4.78 is 18.5. The van der Waals surface area contributed by atoms with E-state index in [1.54, 1.807) is 18.2 Å². The van der Waals surface area contributed by atoms with Crippen LogP contribution >= 0.6 is 0 Å². The van der Waals surface area contributed by atoms with Crippen molar-refractivity contribution in [2.24, 2.45) is 0 Å². The summed E-state index contributed by atoms with van der Waals surface area (Å²) in [6.07, 6.45) is 0. The molecule has 0 spiro atoms. The molecule has 1 amide bonds. The second-order valence-corrected chi connectivity index (χ2v) is 6.44. The van der Waals surface area contributed by atoms with Gasteiger partial charge in [-0.3, -0.25) is 4.79 Å². The molecule has 0 saturated carbocycles. The Balaban J connectivity index is 1.77. The normalized spacial score (nSPS) is 10.6. The van der Waals surface area contributed by atoms with E-state index in [0.29, 0.717) is 22.2 Å². The molecule has 2 aromatic carbocycles. The molecule has 0 bridgehead atoms. The number of carbonyl (C=O) groups excluding carboxylic acids is 2. The molecule has 30 heavy (non-hydrogen) atoms. The Hall–Kier alpha value is -4.13. The maximum atomic E-state index is 13.8. The van der Waals surface area contributed by atoms with Gasteiger partial charge in [0.15, 0.2) is 5.69 Å². The van der Waals surface area contributed by atoms with Gasteiger partial charge in [-0.15, -0.1) is 0 Å². The number of carbonyl (C=O) groups is 2. The molecule has 0 saturated heterocycles. The fourth-order valence-corrected chi connectivity index (χ4v) is 3.05. The minimum absolute atomic E-state index is 0.0712. The number of anilines is 1. The number of methoxy groups -OCH3 is 1. The molecule has 0 atom stereocenters. The summed E-state index contributed by atoms with van der Waals surface area (Å²) in [5.41, 5.74) is 2.07. The number of ether oxygens (including phenoxy) is 1. The van der Waals surface area contributed by atoms with Crippen molar-refractivity contribution in [3.05, 3.63) is 89.9 Å². The van der Waals surface area contributed by atoms with Gasteiger partial charge in [0, 0.05) is 17.0 Å². The van der Waals surface area contributed by atoms with E-state index in [4.69, 9.17) is 0 Å². The number of esters is 1. The van der Waals surface area contributed by atoms with Crippen molar-refractivity contribution in [2.75, 3.05) is 12.4 Å². The van der Waals surface area contributed by atoms with Crippen LogP contribution in [0.5, 0.6) is 0 Å². The molecule has 0 fully saturated rings. The number of benzene rings is 2. The van der Waals surface area contributed by atoms with Gasteiger partial charge < -0.3 is 10.1 Å². The van der Waals surface area contributed by atoms with Crippen LogP contribution in [0.25, 0.3) is 22.2 Å². The van der Waals surface area contributed by atoms with Gasteiger partial charge in [-0.25, -0.2) is 19.2 Å². The highest BCUT2D eigenvalue weighted by Crippen LogP contribution is 2.26. The largest absolute Gasteiger partial charge is 0.464 e. The van der Waals surface area contributed by atoms with Gasteiger partial charge in [0.25, 0.3) is 5.91 Å². The van der Waals surface area contributed by atoms with Gasteiger partial charge in [0.1, 0.15) is 11.6 Å². The van der Waals surface area contributed by atoms with Gasteiger partial charge in [0.2, 0.25) is 0 Å². The molecule has 4 aromatic rings. The smallest absolute Gasteiger partial charge is 0.356 e. The van der Waals surface area contributed by atoms with Crippen molar-refractivity contribution in [3.8, 4) is 11.3 Å². The number of pyridine rings is 2. The summed E-state index contributed by atoms with van der Waals surface area (Å²) in [6, 6.07) is 19.7. The number of fused-ring (bicyclic) bond motifs is 1. The standard InChI is InChI=1S/C23H16FN3O3/c1-30-23(29)18-8-5-9-21(26-18)27-22(28)17-13-19(14-6-3-2-4-7-14)25-20-12-15(24)10-11-16(17)20/h2-13H,1H3,(H,26,27,28). The lowest BCUT2D eigenvalue weighted by molar-refractivity contribution is 0.0594. The zero-order valence-electron chi connectivity index (χ0n) is 15.9. The first-order chi connectivity index (χ1) is 14.5. The summed E-state index contributed by atoms with van der Waals surface area (Å²) in [6.45, 7) is 0. The maximum Gasteiger partial charge on any atom is 0.356 e. The van der Waals surface area contributed by atoms with Crippen LogP contribution in [0.3, 0.4) is 0 Å². The first-order valence-electron chi connectivity index (χ1n) is 9.07. The molecule has 2 aromatic heterocycles. The highest BCUT2D eigenvalue weighted by Gasteiger charge is 2.16. The van der Waals surface area contributed by atoms with E-state index in [0.717, 1.165) is 5.56 Å². The van der Waals surface area contributed by atoms with Crippen LogP contribution in [0.4, 0.5) is 10.2 Å². The van der Waals surface area contributed by atoms with E-state index in [9.17, 15) is 14.0 Å². The summed E-state index contributed by atoms with van der Waals surface area (Å²) in [4.78, 5) is 33.4. The van der Waals surface area contributed by atoms with Gasteiger partial charge >= 0.3 is 5.97 Å². The van der Waals surface area contributed by atoms with E-state index < -0.39 is 17.7 Å². The minimum Gasteiger partial charge on any atom is -0.464 e. The SMILES string of the molecule is COC(=O)c1cccc(NC(=O)c2cc(-c3ccccc3)nc3cc(F)ccc23)n1. The predicted molar refractivity (Wildman–Crippen MR) is 111 cm³/mol. The number of rotatable bonds is 4. The van der Waals surface area contributed by atoms with Gasteiger partial charge in [-0.2, -0.15) is 0 Å². The van der Waals surface area contributed by atoms with Crippen molar-refractivity contribution >= 4 is 28.6 Å². The molecule has 1 N–H and O–H groups in total. The number of nitrogens with zero attached hydrogens (tertiary/aromatic N) is 2. The molecule has 0 radical (unpaired) electrons. The van der Waals surface area contributed by atoms with E-state index >= 15 is 0 Å². The topological polar surface area (TPSA) is 81.2 Å². The van der Waals surface area contributed by atoms with Crippen LogP contribution < -0.4 is 5.32 Å². The third-order valence-corrected chi connectivity index (χ3v) is 4.47. The first kappa shape index (κ1) is 19.2. The Morgan fingerprint density at radius 2 is 1.73 bits per heavy atom. The van der Waals surface area contributed by atoms with Gasteiger partial charge in [-0.05, 0) is 30.3 Å². The molecule has 0 unspecified atom stereocenters. The molecule has 0 aliphatic rings. The number of nitrogens with one attached hydrogen (secondary N) is 1. The lowest BCUT2D eigenvalue weighted by Gasteiger charge is -2.11. The lowest BCUT2D eigenvalue weighted by Crippen LogP contribution is -2.15. The average Bonchev–Trinajstić information content (AvgIpc) is 2.78. The molecule has 0 aliphatic heterocycles. The van der Waals surface area contributed by atoms with Crippen LogP contribution in [-0.2, 0) is 4.74 Å². The Labute approximate surface area is 171 Å². The van der Waals surface area contributed by atoms with Crippen LogP contribution in [-0.4, -0.2) is 29.0 Å². The fraction of sp³-hybridized carbons (Fsp3) is 0.0435. The molecule has 0 aliphatic carbocycles. The van der Waals surface area contributed by atoms with Crippen molar-refractivity contribution in [1.29, 1.82) is 0 Å². The minimum atomic E-state index is -0.609. The van der Waals surface area contributed by atoms with Crippen molar-refractivity contribution in [1.82, 2.24) is 9.97 Å². The molecule has 7 heteroatoms. The number of hydrogen-bond donors (Lipinski definition) is 1. The van der Waals surface area contributed by atoms with Crippen LogP contribution in [0.15, 0.2) is 72.8 Å². The number of aromatic nitrogens is 2. The first-order valence-corrected chi connectivity index (χ1v) is 9.07. The van der Waals surface area contributed by atoms with Crippen molar-refractivity contribution in [2.45, 2.75) is 0 Å². The average molecular weight is 401 g/mol. The summed E-state index contributed by atoms with van der Waals surface area (Å²) in [5, 5.41) is 3.18. The lowest BCUT2D eigenvalue weighted by atomic mass is 10.0. The zero-order valence-corrected chi connectivity index (χ0v) is 15.9. The van der Waals surface area contributed by atoms with E-state index in [1.807, 2.05) is 30.3 Å². The van der Waals surface area contributed by atoms with Crippen molar-refractivity contribution in [3.63, 3.8) is 0 Å². The maximum absolute atomic E-state index is 13.8. The van der Waals surface area contributed by atoms with Crippen molar-refractivity contribution < 1.29 is 18.7 Å². The quantitative estimate of drug-likeness (QED) is 0.510. The zero-order chi connectivity index (χ0) is 21.1. The van der Waals surface area contributed by atoms with E-state index in [2.05, 4.69) is 20.0 Å². The van der Waals surface area contributed by atoms with Gasteiger partial charge in [-0.1, -0.05) is 36.4 Å². The second-order valence-electron chi connectivity index (χ2n) is 6.44. The molecule has 4 rings (SSSR count). The number of halogens is 1. The van der Waals surface area contributed by atoms with E-state index in [1.165, 1.54) is 31.4 Å². The summed E-state index contributed by atoms with van der Waals surface area (Å²) in [5.74, 6) is -1.32. The third-order valence-electron chi connectivity index (χ3n) is 4.47. The van der Waals surface area contributed by atoms with E-state index in [-0.39, 0.29) is 11.5 Å². The monoisotopic (exact) mass is 401 g/mol. The number of amides is 1. The Kier molecular flexibility index (Phi) is 5.17. The molecular weight excluding hydrogens is 385 g/mol. The van der Waals surface area contributed by atoms with Crippen LogP contribution in [0.2, 0.25) is 0 Å². The highest BCUT2D eigenvalue weighted by molar-refractivity contribution is 6.13. The van der Waals surface area contributed by atoms with Crippen LogP contribution in [0.1, 0.15) is 20.8 Å². The Morgan fingerprint density at radius 3 is 2.50 bits per heavy atom. The van der Waals surface area contributed by atoms with Crippen LogP contribution in [0, 0.1) is 5.82 Å². The van der Waals surface area contributed by atoms with Gasteiger partial charge in [0.05, 0.1) is 23.9 Å². The highest BCUT2D eigenvalue weighted by atomic mass is 19.1. The predicted octanol–water partition coefficient (Wildman–Crippen LogP) is 4.47. The Morgan fingerprint density at radius 1 is 0.933 bits per heavy atom. The Bertz CT molecular complexity index is 1260.